The van der Waals surface area contributed by atoms with Gasteiger partial charge in [-0.05, 0) is 29.8 Å². The van der Waals surface area contributed by atoms with Gasteiger partial charge in [-0.15, -0.1) is 0 Å². The first-order valence-electron chi connectivity index (χ1n) is 6.32. The molecule has 2 rings (SSSR count). The second-order valence-corrected chi connectivity index (χ2v) is 10.00. The molecule has 2 nitrogen and oxygen atoms in total. The van der Waals surface area contributed by atoms with E-state index in [-0.39, 0.29) is 0 Å². The molecule has 0 unspecified atom stereocenters. The van der Waals surface area contributed by atoms with Crippen LogP contribution in [0.5, 0.6) is 5.75 Å². The quantitative estimate of drug-likeness (QED) is 0.496. The van der Waals surface area contributed by atoms with Crippen LogP contribution in [0.1, 0.15) is 5.56 Å². The van der Waals surface area contributed by atoms with Gasteiger partial charge in [0.1, 0.15) is 5.75 Å². The summed E-state index contributed by atoms with van der Waals surface area (Å²) in [6, 6.07) is 18.3. The van der Waals surface area contributed by atoms with E-state index in [4.69, 9.17) is 4.74 Å². The maximum atomic E-state index is 9.93. The Morgan fingerprint density at radius 1 is 0.826 bits per heavy atom. The van der Waals surface area contributed by atoms with Gasteiger partial charge in [-0.3, -0.25) is 0 Å². The van der Waals surface area contributed by atoms with Gasteiger partial charge in [-0.25, -0.2) is 0 Å². The van der Waals surface area contributed by atoms with Crippen molar-refractivity contribution >= 4 is 25.2 Å². The van der Waals surface area contributed by atoms with Crippen molar-refractivity contribution in [1.82, 2.24) is 0 Å². The molecular formula is C14H15F6NOSb-. The van der Waals surface area contributed by atoms with Crippen LogP contribution in [0.3, 0.4) is 0 Å². The first-order chi connectivity index (χ1) is 10.3. The Bertz CT molecular complexity index is 601. The van der Waals surface area contributed by atoms with E-state index in [0.29, 0.717) is 0 Å². The zero-order valence-corrected chi connectivity index (χ0v) is 14.6. The third-order valence-corrected chi connectivity index (χ3v) is 2.43. The van der Waals surface area contributed by atoms with Gasteiger partial charge in [0, 0.05) is 12.2 Å². The van der Waals surface area contributed by atoms with Crippen LogP contribution in [0, 0.1) is 0 Å². The minimum absolute atomic E-state index is 0.840. The number of nitrogens with one attached hydrogen (secondary N) is 1. The summed E-state index contributed by atoms with van der Waals surface area (Å²) in [5, 5.41) is 3.36. The van der Waals surface area contributed by atoms with Gasteiger partial charge < -0.3 is 10.1 Å². The summed E-state index contributed by atoms with van der Waals surface area (Å²) in [5.41, 5.74) is 2.38. The van der Waals surface area contributed by atoms with Gasteiger partial charge in [0.2, 0.25) is 0 Å². The summed E-state index contributed by atoms with van der Waals surface area (Å²) >= 11 is -11.2. The molecule has 0 amide bonds. The van der Waals surface area contributed by atoms with Crippen LogP contribution >= 0.6 is 0 Å². The van der Waals surface area contributed by atoms with Crippen molar-refractivity contribution in [2.75, 3.05) is 12.4 Å². The van der Waals surface area contributed by atoms with Gasteiger partial charge in [0.25, 0.3) is 0 Å². The van der Waals surface area contributed by atoms with Gasteiger partial charge in [-0.2, -0.15) is 0 Å². The van der Waals surface area contributed by atoms with Crippen molar-refractivity contribution in [1.29, 1.82) is 0 Å². The average molecular weight is 449 g/mol. The molecule has 23 heavy (non-hydrogen) atoms. The van der Waals surface area contributed by atoms with Crippen LogP contribution in [0.25, 0.3) is 0 Å². The molecule has 2 aromatic rings. The van der Waals surface area contributed by atoms with Crippen LogP contribution in [0.4, 0.5) is 22.6 Å². The number of rotatable bonds is 4. The van der Waals surface area contributed by atoms with Crippen molar-refractivity contribution in [2.24, 2.45) is 0 Å². The number of methoxy groups -OCH3 is 1. The number of hydrogen-bond donors (Lipinski definition) is 1. The van der Waals surface area contributed by atoms with Gasteiger partial charge in [0.05, 0.1) is 7.11 Å². The topological polar surface area (TPSA) is 21.3 Å². The number of ether oxygens (including phenoxy) is 1. The normalized spacial score (nSPS) is 13.9. The molecule has 0 aliphatic rings. The van der Waals surface area contributed by atoms with E-state index >= 15 is 0 Å². The van der Waals surface area contributed by atoms with Gasteiger partial charge >= 0.3 is 36.4 Å². The molecule has 9 heteroatoms. The predicted molar refractivity (Wildman–Crippen MR) is 79.2 cm³/mol. The minimum atomic E-state index is -11.2. The molecule has 0 aliphatic carbocycles. The van der Waals surface area contributed by atoms with Crippen molar-refractivity contribution < 1.29 is 21.6 Å². The Kier molecular flexibility index (Phi) is 5.52. The second-order valence-electron chi connectivity index (χ2n) is 4.53. The van der Waals surface area contributed by atoms with Gasteiger partial charge in [0.15, 0.2) is 0 Å². The maximum absolute atomic E-state index is 11.2. The molecule has 0 saturated heterocycles. The summed E-state index contributed by atoms with van der Waals surface area (Å²) < 4.78 is 64.7. The molecule has 0 aliphatic heterocycles. The van der Waals surface area contributed by atoms with Crippen LogP contribution in [0.2, 0.25) is 0 Å². The number of anilines is 1. The van der Waals surface area contributed by atoms with Crippen LogP contribution in [-0.4, -0.2) is 26.6 Å². The van der Waals surface area contributed by atoms with Crippen LogP contribution in [-0.2, 0) is 6.54 Å². The Balaban J connectivity index is 0.000000322. The van der Waals surface area contributed by atoms with Crippen LogP contribution in [0.15, 0.2) is 54.6 Å². The van der Waals surface area contributed by atoms with E-state index in [1.54, 1.807) is 7.11 Å². The zero-order valence-electron chi connectivity index (χ0n) is 12.0. The molecule has 0 heterocycles. The third kappa shape index (κ3) is 12.6. The Labute approximate surface area is 132 Å². The van der Waals surface area contributed by atoms with E-state index in [1.807, 2.05) is 42.5 Å². The molecule has 0 aromatic heterocycles. The van der Waals surface area contributed by atoms with E-state index in [1.165, 1.54) is 5.56 Å². The Morgan fingerprint density at radius 2 is 1.30 bits per heavy atom. The molecule has 0 bridgehead atoms. The third-order valence-electron chi connectivity index (χ3n) is 2.43. The summed E-state index contributed by atoms with van der Waals surface area (Å²) in [7, 11) is 1.67. The molecule has 0 saturated carbocycles. The standard InChI is InChI=1S/C14H15NO.6FH.Sb/c1-16-14-9-7-13(8-10-14)15-11-12-5-3-2-4-6-12;;;;;;;/h2-10,15H,11H2,1H3;6*1H;/q;;;;;;;+5/p-6. The monoisotopic (exact) mass is 448 g/mol. The first kappa shape index (κ1) is 19.5. The van der Waals surface area contributed by atoms with Crippen molar-refractivity contribution in [2.45, 2.75) is 6.54 Å². The fourth-order valence-corrected chi connectivity index (χ4v) is 1.51. The SMILES string of the molecule is COc1ccc(NCc2ccccc2)cc1.[F][Sb-]([F])([F])([F])([F])[F]. The molecule has 0 fully saturated rings. The van der Waals surface area contributed by atoms with E-state index in [9.17, 15) is 16.9 Å². The molecular weight excluding hydrogens is 434 g/mol. The number of hydrogen-bond acceptors (Lipinski definition) is 2. The van der Waals surface area contributed by atoms with E-state index in [0.717, 1.165) is 18.0 Å². The van der Waals surface area contributed by atoms with E-state index < -0.39 is 19.5 Å². The fourth-order valence-electron chi connectivity index (χ4n) is 1.51. The van der Waals surface area contributed by atoms with E-state index in [2.05, 4.69) is 17.4 Å². The average Bonchev–Trinajstić information content (AvgIpc) is 2.43. The predicted octanol–water partition coefficient (Wildman–Crippen LogP) is 5.45. The first-order valence-corrected chi connectivity index (χ1v) is 12.1. The molecule has 0 atom stereocenters. The fraction of sp³-hybridized carbons (Fsp3) is 0.143. The Hall–Kier alpha value is -1.56. The zero-order chi connectivity index (χ0) is 17.6. The summed E-state index contributed by atoms with van der Waals surface area (Å²) in [5.74, 6) is 0.880. The molecule has 0 radical (unpaired) electrons. The van der Waals surface area contributed by atoms with Crippen molar-refractivity contribution in [3.8, 4) is 5.75 Å². The van der Waals surface area contributed by atoms with Crippen LogP contribution < -0.4 is 10.1 Å². The molecule has 2 aromatic carbocycles. The number of benzene rings is 2. The molecule has 1 N–H and O–H groups in total. The second kappa shape index (κ2) is 6.51. The Morgan fingerprint density at radius 3 is 1.74 bits per heavy atom. The summed E-state index contributed by atoms with van der Waals surface area (Å²) in [6.07, 6.45) is 0. The van der Waals surface area contributed by atoms with Gasteiger partial charge in [-0.1, -0.05) is 30.3 Å². The molecule has 0 spiro atoms. The number of halogens is 6. The summed E-state index contributed by atoms with van der Waals surface area (Å²) in [6.45, 7) is 0.840. The molecule has 130 valence electrons. The van der Waals surface area contributed by atoms with Crippen molar-refractivity contribution in [3.05, 3.63) is 60.2 Å². The van der Waals surface area contributed by atoms with Crippen molar-refractivity contribution in [3.63, 3.8) is 0 Å². The summed E-state index contributed by atoms with van der Waals surface area (Å²) in [4.78, 5) is 0.